The fraction of sp³-hybridized carbons (Fsp3) is 0.125. The van der Waals surface area contributed by atoms with Gasteiger partial charge in [-0.05, 0) is 37.3 Å². The van der Waals surface area contributed by atoms with E-state index in [0.29, 0.717) is 10.6 Å². The third kappa shape index (κ3) is 4.69. The fourth-order valence-corrected chi connectivity index (χ4v) is 1.90. The van der Waals surface area contributed by atoms with Gasteiger partial charge in [-0.3, -0.25) is 20.4 Å². The minimum atomic E-state index is -0.994. The van der Waals surface area contributed by atoms with E-state index in [1.54, 1.807) is 24.3 Å². The highest BCUT2D eigenvalue weighted by Crippen LogP contribution is 2.17. The minimum Gasteiger partial charge on any atom is -0.478 e. The molecule has 0 heterocycles. The number of carbonyl (C=O) groups is 2. The van der Waals surface area contributed by atoms with E-state index in [9.17, 15) is 14.0 Å². The fourth-order valence-electron chi connectivity index (χ4n) is 1.71. The van der Waals surface area contributed by atoms with Crippen LogP contribution in [0.25, 0.3) is 0 Å². The third-order valence-corrected chi connectivity index (χ3v) is 3.13. The number of ether oxygens (including phenoxy) is 1. The van der Waals surface area contributed by atoms with E-state index in [0.717, 1.165) is 0 Å². The second-order valence-corrected chi connectivity index (χ2v) is 5.08. The Kier molecular flexibility index (Phi) is 5.54. The standard InChI is InChI=1S/C16H14ClFN2O3/c1-10(23-14-8-3-2-7-13(14)18)15(21)19-20-16(22)11-5-4-6-12(17)9-11/h2-10H,1H3,(H,19,21)(H,20,22)/t10-/m0/s1. The molecule has 0 radical (unpaired) electrons. The van der Waals surface area contributed by atoms with Crippen molar-refractivity contribution in [3.63, 3.8) is 0 Å². The van der Waals surface area contributed by atoms with Crippen molar-refractivity contribution >= 4 is 23.4 Å². The first-order chi connectivity index (χ1) is 11.0. The van der Waals surface area contributed by atoms with E-state index in [4.69, 9.17) is 16.3 Å². The van der Waals surface area contributed by atoms with E-state index in [1.807, 2.05) is 0 Å². The maximum absolute atomic E-state index is 13.4. The average molecular weight is 337 g/mol. The van der Waals surface area contributed by atoms with Gasteiger partial charge < -0.3 is 4.74 Å². The summed E-state index contributed by atoms with van der Waals surface area (Å²) in [6, 6.07) is 12.0. The van der Waals surface area contributed by atoms with Crippen molar-refractivity contribution in [3.05, 3.63) is 64.9 Å². The van der Waals surface area contributed by atoms with Crippen molar-refractivity contribution < 1.29 is 18.7 Å². The van der Waals surface area contributed by atoms with Crippen molar-refractivity contribution in [2.24, 2.45) is 0 Å². The lowest BCUT2D eigenvalue weighted by atomic mass is 10.2. The maximum atomic E-state index is 13.4. The van der Waals surface area contributed by atoms with Crippen molar-refractivity contribution in [1.82, 2.24) is 10.9 Å². The number of rotatable bonds is 4. The molecule has 0 unspecified atom stereocenters. The van der Waals surface area contributed by atoms with Crippen LogP contribution in [0.4, 0.5) is 4.39 Å². The molecule has 23 heavy (non-hydrogen) atoms. The summed E-state index contributed by atoms with van der Waals surface area (Å²) in [6.07, 6.45) is -0.994. The van der Waals surface area contributed by atoms with Gasteiger partial charge in [0.1, 0.15) is 0 Å². The van der Waals surface area contributed by atoms with Gasteiger partial charge in [-0.15, -0.1) is 0 Å². The van der Waals surface area contributed by atoms with Gasteiger partial charge in [-0.25, -0.2) is 4.39 Å². The van der Waals surface area contributed by atoms with E-state index in [1.165, 1.54) is 31.2 Å². The Morgan fingerprint density at radius 1 is 1.13 bits per heavy atom. The van der Waals surface area contributed by atoms with Crippen LogP contribution in [0.15, 0.2) is 48.5 Å². The van der Waals surface area contributed by atoms with Crippen molar-refractivity contribution in [3.8, 4) is 5.75 Å². The Morgan fingerprint density at radius 2 is 1.87 bits per heavy atom. The molecular formula is C16H14ClFN2O3. The maximum Gasteiger partial charge on any atom is 0.279 e. The Morgan fingerprint density at radius 3 is 2.57 bits per heavy atom. The summed E-state index contributed by atoms with van der Waals surface area (Å²) in [5.41, 5.74) is 4.74. The molecule has 7 heteroatoms. The van der Waals surface area contributed by atoms with E-state index < -0.39 is 23.7 Å². The normalized spacial score (nSPS) is 11.4. The summed E-state index contributed by atoms with van der Waals surface area (Å²) < 4.78 is 18.7. The first kappa shape index (κ1) is 16.8. The number of hydrogen-bond donors (Lipinski definition) is 2. The van der Waals surface area contributed by atoms with Gasteiger partial charge in [0.25, 0.3) is 11.8 Å². The SMILES string of the molecule is C[C@H](Oc1ccccc1F)C(=O)NNC(=O)c1cccc(Cl)c1. The van der Waals surface area contributed by atoms with Gasteiger partial charge in [-0.2, -0.15) is 0 Å². The molecule has 0 saturated carbocycles. The lowest BCUT2D eigenvalue weighted by Crippen LogP contribution is -2.47. The molecule has 0 spiro atoms. The second kappa shape index (κ2) is 7.60. The van der Waals surface area contributed by atoms with Gasteiger partial charge >= 0.3 is 0 Å². The molecule has 2 amide bonds. The Balaban J connectivity index is 1.89. The van der Waals surface area contributed by atoms with Crippen LogP contribution in [0, 0.1) is 5.82 Å². The minimum absolute atomic E-state index is 0.0451. The quantitative estimate of drug-likeness (QED) is 0.844. The molecule has 0 bridgehead atoms. The summed E-state index contributed by atoms with van der Waals surface area (Å²) in [7, 11) is 0. The van der Waals surface area contributed by atoms with Crippen molar-refractivity contribution in [1.29, 1.82) is 0 Å². The van der Waals surface area contributed by atoms with Crippen molar-refractivity contribution in [2.45, 2.75) is 13.0 Å². The monoisotopic (exact) mass is 336 g/mol. The molecule has 120 valence electrons. The zero-order valence-corrected chi connectivity index (χ0v) is 12.9. The topological polar surface area (TPSA) is 67.4 Å². The summed E-state index contributed by atoms with van der Waals surface area (Å²) >= 11 is 5.78. The lowest BCUT2D eigenvalue weighted by Gasteiger charge is -2.15. The molecule has 0 aromatic heterocycles. The molecular weight excluding hydrogens is 323 g/mol. The van der Waals surface area contributed by atoms with Gasteiger partial charge in [0.2, 0.25) is 0 Å². The summed E-state index contributed by atoms with van der Waals surface area (Å²) in [6.45, 7) is 1.44. The Labute approximate surface area is 137 Å². The molecule has 2 rings (SSSR count). The van der Waals surface area contributed by atoms with Gasteiger partial charge in [0, 0.05) is 10.6 Å². The molecule has 0 fully saturated rings. The highest BCUT2D eigenvalue weighted by Gasteiger charge is 2.17. The number of hydrazine groups is 1. The van der Waals surface area contributed by atoms with Crippen LogP contribution in [0.2, 0.25) is 5.02 Å². The van der Waals surface area contributed by atoms with Gasteiger partial charge in [-0.1, -0.05) is 29.8 Å². The number of para-hydroxylation sites is 1. The number of benzene rings is 2. The first-order valence-corrected chi connectivity index (χ1v) is 7.12. The molecule has 0 aliphatic heterocycles. The lowest BCUT2D eigenvalue weighted by molar-refractivity contribution is -0.128. The smallest absolute Gasteiger partial charge is 0.279 e. The van der Waals surface area contributed by atoms with Crippen LogP contribution in [-0.2, 0) is 4.79 Å². The van der Waals surface area contributed by atoms with Crippen LogP contribution < -0.4 is 15.6 Å². The van der Waals surface area contributed by atoms with Crippen molar-refractivity contribution in [2.75, 3.05) is 0 Å². The van der Waals surface area contributed by atoms with Gasteiger partial charge in [0.15, 0.2) is 17.7 Å². The highest BCUT2D eigenvalue weighted by atomic mass is 35.5. The average Bonchev–Trinajstić information content (AvgIpc) is 2.54. The zero-order chi connectivity index (χ0) is 16.8. The molecule has 0 aliphatic carbocycles. The first-order valence-electron chi connectivity index (χ1n) is 6.74. The van der Waals surface area contributed by atoms with Crippen LogP contribution >= 0.6 is 11.6 Å². The second-order valence-electron chi connectivity index (χ2n) is 4.64. The summed E-state index contributed by atoms with van der Waals surface area (Å²) in [5.74, 6) is -1.77. The number of hydrogen-bond acceptors (Lipinski definition) is 3. The zero-order valence-electron chi connectivity index (χ0n) is 12.2. The Hall–Kier alpha value is -2.60. The number of halogens is 2. The molecule has 2 N–H and O–H groups in total. The van der Waals surface area contributed by atoms with Crippen LogP contribution in [0.3, 0.4) is 0 Å². The van der Waals surface area contributed by atoms with E-state index in [-0.39, 0.29) is 5.75 Å². The highest BCUT2D eigenvalue weighted by molar-refractivity contribution is 6.30. The number of carbonyl (C=O) groups excluding carboxylic acids is 2. The van der Waals surface area contributed by atoms with Crippen LogP contribution in [-0.4, -0.2) is 17.9 Å². The van der Waals surface area contributed by atoms with Crippen LogP contribution in [0.1, 0.15) is 17.3 Å². The molecule has 1 atom stereocenters. The summed E-state index contributed by atoms with van der Waals surface area (Å²) in [5, 5.41) is 0.403. The number of amides is 2. The molecule has 2 aromatic carbocycles. The van der Waals surface area contributed by atoms with Crippen LogP contribution in [0.5, 0.6) is 5.75 Å². The van der Waals surface area contributed by atoms with Gasteiger partial charge in [0.05, 0.1) is 0 Å². The van der Waals surface area contributed by atoms with E-state index >= 15 is 0 Å². The van der Waals surface area contributed by atoms with E-state index in [2.05, 4.69) is 10.9 Å². The third-order valence-electron chi connectivity index (χ3n) is 2.90. The molecule has 0 saturated heterocycles. The predicted octanol–water partition coefficient (Wildman–Crippen LogP) is 2.71. The predicted molar refractivity (Wildman–Crippen MR) is 83.6 cm³/mol. The molecule has 0 aliphatic rings. The molecule has 5 nitrogen and oxygen atoms in total. The largest absolute Gasteiger partial charge is 0.478 e. The summed E-state index contributed by atoms with van der Waals surface area (Å²) in [4.78, 5) is 23.7. The molecule has 2 aromatic rings. The number of nitrogens with one attached hydrogen (secondary N) is 2. The Bertz CT molecular complexity index is 724.